The molecule has 0 amide bonds. The first-order chi connectivity index (χ1) is 28.6. The summed E-state index contributed by atoms with van der Waals surface area (Å²) in [6.07, 6.45) is 43.7. The van der Waals surface area contributed by atoms with Gasteiger partial charge >= 0.3 is 11.9 Å². The van der Waals surface area contributed by atoms with Gasteiger partial charge in [-0.1, -0.05) is 229 Å². The van der Waals surface area contributed by atoms with E-state index in [1.54, 1.807) is 21.6 Å². The number of hydrogen-bond donors (Lipinski definition) is 0. The summed E-state index contributed by atoms with van der Waals surface area (Å²) in [5, 5.41) is 0. The van der Waals surface area contributed by atoms with Crippen LogP contribution in [0, 0.1) is 0 Å². The molecule has 0 saturated carbocycles. The molecule has 0 aliphatic rings. The summed E-state index contributed by atoms with van der Waals surface area (Å²) < 4.78 is 11.2. The molecule has 0 aliphatic carbocycles. The van der Waals surface area contributed by atoms with Gasteiger partial charge in [0.25, 0.3) is 0 Å². The first-order valence-electron chi connectivity index (χ1n) is 25.6. The van der Waals surface area contributed by atoms with E-state index in [4.69, 9.17) is 9.47 Å². The van der Waals surface area contributed by atoms with Crippen LogP contribution in [0.2, 0.25) is 0 Å². The van der Waals surface area contributed by atoms with Gasteiger partial charge in [0, 0.05) is 24.6 Å². The van der Waals surface area contributed by atoms with Gasteiger partial charge in [-0.2, -0.15) is 0 Å². The SMILES string of the molecule is CCCCCCCCCCN(CCCCCCCCCC)CCC(=O)OCCSSCCOC(=O)CCN(CCCCCCCCCC)CCCCCCCCCC. The Morgan fingerprint density at radius 1 is 0.328 bits per heavy atom. The second-order valence-corrected chi connectivity index (χ2v) is 19.9. The molecule has 0 aliphatic heterocycles. The van der Waals surface area contributed by atoms with Crippen molar-refractivity contribution in [3.05, 3.63) is 0 Å². The van der Waals surface area contributed by atoms with Gasteiger partial charge in [-0.05, 0) is 51.9 Å². The van der Waals surface area contributed by atoms with Crippen molar-refractivity contribution in [2.24, 2.45) is 0 Å². The van der Waals surface area contributed by atoms with E-state index in [0.29, 0.717) is 26.1 Å². The minimum absolute atomic E-state index is 0.0739. The Labute approximate surface area is 370 Å². The van der Waals surface area contributed by atoms with Gasteiger partial charge in [0.15, 0.2) is 0 Å². The maximum atomic E-state index is 12.6. The van der Waals surface area contributed by atoms with Crippen LogP contribution in [0.4, 0.5) is 0 Å². The standard InChI is InChI=1S/C50H100N2O4S2/c1-5-9-13-17-21-25-29-33-39-51(40-34-30-26-22-18-14-10-6-2)43-37-49(53)55-45-47-57-58-48-46-56-50(54)38-44-52(41-35-31-27-23-19-15-11-7-3)42-36-32-28-24-20-16-12-8-4/h5-48H2,1-4H3. The van der Waals surface area contributed by atoms with Crippen LogP contribution in [-0.2, 0) is 19.1 Å². The van der Waals surface area contributed by atoms with E-state index in [-0.39, 0.29) is 11.9 Å². The summed E-state index contributed by atoms with van der Waals surface area (Å²) in [6.45, 7) is 16.1. The molecule has 0 saturated heterocycles. The Balaban J connectivity index is 4.25. The minimum atomic E-state index is -0.0739. The fraction of sp³-hybridized carbons (Fsp3) is 0.960. The molecule has 58 heavy (non-hydrogen) atoms. The molecular formula is C50H100N2O4S2. The van der Waals surface area contributed by atoms with Gasteiger partial charge < -0.3 is 19.3 Å². The van der Waals surface area contributed by atoms with Gasteiger partial charge in [-0.3, -0.25) is 9.59 Å². The zero-order chi connectivity index (χ0) is 42.3. The summed E-state index contributed by atoms with van der Waals surface area (Å²) in [4.78, 5) is 30.3. The molecule has 0 aromatic carbocycles. The molecule has 0 radical (unpaired) electrons. The lowest BCUT2D eigenvalue weighted by atomic mass is 10.1. The van der Waals surface area contributed by atoms with Crippen LogP contribution in [-0.4, -0.2) is 85.7 Å². The van der Waals surface area contributed by atoms with Gasteiger partial charge in [-0.15, -0.1) is 0 Å². The van der Waals surface area contributed by atoms with Crippen molar-refractivity contribution in [2.45, 2.75) is 246 Å². The highest BCUT2D eigenvalue weighted by Gasteiger charge is 2.12. The fourth-order valence-electron chi connectivity index (χ4n) is 7.69. The van der Waals surface area contributed by atoms with Gasteiger partial charge in [0.2, 0.25) is 0 Å². The molecule has 0 aromatic heterocycles. The monoisotopic (exact) mass is 857 g/mol. The number of rotatable bonds is 49. The van der Waals surface area contributed by atoms with Crippen LogP contribution in [0.25, 0.3) is 0 Å². The molecule has 0 unspecified atom stereocenters. The van der Waals surface area contributed by atoms with Gasteiger partial charge in [0.1, 0.15) is 13.2 Å². The maximum absolute atomic E-state index is 12.6. The number of ether oxygens (including phenoxy) is 2. The van der Waals surface area contributed by atoms with Crippen molar-refractivity contribution in [3.63, 3.8) is 0 Å². The maximum Gasteiger partial charge on any atom is 0.307 e. The van der Waals surface area contributed by atoms with Crippen molar-refractivity contribution < 1.29 is 19.1 Å². The lowest BCUT2D eigenvalue weighted by molar-refractivity contribution is -0.144. The first-order valence-corrected chi connectivity index (χ1v) is 28.1. The average Bonchev–Trinajstić information content (AvgIpc) is 3.23. The molecule has 0 heterocycles. The van der Waals surface area contributed by atoms with Gasteiger partial charge in [-0.25, -0.2) is 0 Å². The number of esters is 2. The predicted molar refractivity (Wildman–Crippen MR) is 259 cm³/mol. The molecule has 8 heteroatoms. The Bertz CT molecular complexity index is 729. The lowest BCUT2D eigenvalue weighted by Crippen LogP contribution is -2.29. The Morgan fingerprint density at radius 2 is 0.552 bits per heavy atom. The predicted octanol–water partition coefficient (Wildman–Crippen LogP) is 15.4. The van der Waals surface area contributed by atoms with Crippen molar-refractivity contribution in [2.75, 3.05) is 64.0 Å². The number of unbranched alkanes of at least 4 members (excludes halogenated alkanes) is 28. The second kappa shape index (κ2) is 49.2. The Kier molecular flexibility index (Phi) is 48.8. The van der Waals surface area contributed by atoms with Gasteiger partial charge in [0.05, 0.1) is 12.8 Å². The highest BCUT2D eigenvalue weighted by atomic mass is 33.1. The second-order valence-electron chi connectivity index (χ2n) is 17.2. The number of carbonyl (C=O) groups is 2. The molecule has 0 rings (SSSR count). The van der Waals surface area contributed by atoms with Crippen LogP contribution in [0.3, 0.4) is 0 Å². The normalized spacial score (nSPS) is 11.6. The van der Waals surface area contributed by atoms with Crippen molar-refractivity contribution in [1.82, 2.24) is 9.80 Å². The largest absolute Gasteiger partial charge is 0.465 e. The molecule has 0 bridgehead atoms. The van der Waals surface area contributed by atoms with Crippen LogP contribution >= 0.6 is 21.6 Å². The summed E-state index contributed by atoms with van der Waals surface area (Å²) in [5.74, 6) is 1.37. The van der Waals surface area contributed by atoms with Crippen LogP contribution < -0.4 is 0 Å². The average molecular weight is 857 g/mol. The molecule has 346 valence electrons. The van der Waals surface area contributed by atoms with E-state index >= 15 is 0 Å². The number of hydrogen-bond acceptors (Lipinski definition) is 8. The minimum Gasteiger partial charge on any atom is -0.465 e. The topological polar surface area (TPSA) is 59.1 Å². The third-order valence-electron chi connectivity index (χ3n) is 11.5. The van der Waals surface area contributed by atoms with Crippen molar-refractivity contribution in [1.29, 1.82) is 0 Å². The number of nitrogens with zero attached hydrogens (tertiary/aromatic N) is 2. The summed E-state index contributed by atoms with van der Waals surface area (Å²) >= 11 is 0. The van der Waals surface area contributed by atoms with E-state index in [1.807, 2.05) is 0 Å². The lowest BCUT2D eigenvalue weighted by Gasteiger charge is -2.22. The van der Waals surface area contributed by atoms with Crippen molar-refractivity contribution in [3.8, 4) is 0 Å². The molecule has 0 atom stereocenters. The van der Waals surface area contributed by atoms with E-state index in [2.05, 4.69) is 37.5 Å². The summed E-state index contributed by atoms with van der Waals surface area (Å²) in [7, 11) is 3.40. The molecule has 0 fully saturated rings. The molecule has 0 N–H and O–H groups in total. The molecular weight excluding hydrogens is 757 g/mol. The smallest absolute Gasteiger partial charge is 0.307 e. The summed E-state index contributed by atoms with van der Waals surface area (Å²) in [5.41, 5.74) is 0. The molecule has 0 aromatic rings. The molecule has 0 spiro atoms. The quantitative estimate of drug-likeness (QED) is 0.0341. The van der Waals surface area contributed by atoms with Crippen molar-refractivity contribution >= 4 is 33.5 Å². The number of carbonyl (C=O) groups excluding carboxylic acids is 2. The third-order valence-corrected chi connectivity index (χ3v) is 13.9. The summed E-state index contributed by atoms with van der Waals surface area (Å²) in [6, 6.07) is 0. The zero-order valence-corrected chi connectivity index (χ0v) is 41.1. The van der Waals surface area contributed by atoms with Crippen LogP contribution in [0.1, 0.15) is 246 Å². The Hall–Kier alpha value is -0.440. The highest BCUT2D eigenvalue weighted by molar-refractivity contribution is 8.76. The fourth-order valence-corrected chi connectivity index (χ4v) is 9.34. The third kappa shape index (κ3) is 45.1. The van der Waals surface area contributed by atoms with E-state index in [9.17, 15) is 9.59 Å². The van der Waals surface area contributed by atoms with E-state index < -0.39 is 0 Å². The highest BCUT2D eigenvalue weighted by Crippen LogP contribution is 2.21. The Morgan fingerprint density at radius 3 is 0.793 bits per heavy atom. The van der Waals surface area contributed by atoms with Crippen LogP contribution in [0.15, 0.2) is 0 Å². The van der Waals surface area contributed by atoms with E-state index in [1.165, 1.54) is 205 Å². The molecule has 6 nitrogen and oxygen atoms in total. The van der Waals surface area contributed by atoms with Crippen LogP contribution in [0.5, 0.6) is 0 Å². The zero-order valence-electron chi connectivity index (χ0n) is 39.5. The first kappa shape index (κ1) is 57.6. The van der Waals surface area contributed by atoms with E-state index in [0.717, 1.165) is 50.8 Å².